The molecule has 0 aliphatic rings. The first kappa shape index (κ1) is 9.90. The van der Waals surface area contributed by atoms with Crippen LogP contribution in [0.3, 0.4) is 0 Å². The number of aromatic nitrogens is 1. The zero-order valence-electron chi connectivity index (χ0n) is 8.29. The number of nitrogens with zero attached hydrogens (tertiary/aromatic N) is 1. The molecular formula is C12H12IN. The number of hydrogen-bond donors (Lipinski definition) is 0. The Morgan fingerprint density at radius 2 is 1.93 bits per heavy atom. The molecule has 1 heterocycles. The minimum atomic E-state index is 0.494. The van der Waals surface area contributed by atoms with Gasteiger partial charge in [0.25, 0.3) is 0 Å². The van der Waals surface area contributed by atoms with Gasteiger partial charge in [0.2, 0.25) is 0 Å². The van der Waals surface area contributed by atoms with Gasteiger partial charge in [-0.15, -0.1) is 0 Å². The molecule has 0 atom stereocenters. The maximum atomic E-state index is 4.63. The summed E-state index contributed by atoms with van der Waals surface area (Å²) in [5.74, 6) is 0.494. The van der Waals surface area contributed by atoms with Crippen LogP contribution < -0.4 is 0 Å². The van der Waals surface area contributed by atoms with Crippen LogP contribution in [0.2, 0.25) is 0 Å². The van der Waals surface area contributed by atoms with Crippen LogP contribution in [-0.2, 0) is 0 Å². The predicted molar refractivity (Wildman–Crippen MR) is 68.5 cm³/mol. The fraction of sp³-hybridized carbons (Fsp3) is 0.250. The van der Waals surface area contributed by atoms with Gasteiger partial charge in [-0.3, -0.25) is 4.98 Å². The molecular weight excluding hydrogens is 285 g/mol. The first-order chi connectivity index (χ1) is 6.68. The highest BCUT2D eigenvalue weighted by atomic mass is 127. The lowest BCUT2D eigenvalue weighted by molar-refractivity contribution is 0.829. The van der Waals surface area contributed by atoms with Gasteiger partial charge < -0.3 is 0 Å². The summed E-state index contributed by atoms with van der Waals surface area (Å²) < 4.78 is 1.29. The summed E-state index contributed by atoms with van der Waals surface area (Å²) >= 11 is 2.38. The van der Waals surface area contributed by atoms with E-state index in [9.17, 15) is 0 Å². The van der Waals surface area contributed by atoms with Crippen molar-refractivity contribution in [3.8, 4) is 0 Å². The fourth-order valence-electron chi connectivity index (χ4n) is 1.45. The molecule has 2 rings (SSSR count). The summed E-state index contributed by atoms with van der Waals surface area (Å²) in [6.07, 6.45) is 0. The van der Waals surface area contributed by atoms with Crippen LogP contribution in [0.5, 0.6) is 0 Å². The van der Waals surface area contributed by atoms with Crippen molar-refractivity contribution in [2.24, 2.45) is 0 Å². The molecule has 0 fully saturated rings. The molecule has 0 N–H and O–H groups in total. The molecule has 0 aliphatic carbocycles. The Labute approximate surface area is 97.7 Å². The van der Waals surface area contributed by atoms with E-state index in [1.54, 1.807) is 0 Å². The largest absolute Gasteiger partial charge is 0.252 e. The van der Waals surface area contributed by atoms with Crippen LogP contribution in [0.4, 0.5) is 0 Å². The third kappa shape index (κ3) is 1.75. The smallest absolute Gasteiger partial charge is 0.0716 e. The molecule has 72 valence electrons. The molecule has 14 heavy (non-hydrogen) atoms. The summed E-state index contributed by atoms with van der Waals surface area (Å²) in [7, 11) is 0. The van der Waals surface area contributed by atoms with E-state index in [0.717, 1.165) is 5.52 Å². The van der Waals surface area contributed by atoms with E-state index >= 15 is 0 Å². The average molecular weight is 297 g/mol. The third-order valence-corrected chi connectivity index (χ3v) is 3.17. The average Bonchev–Trinajstić information content (AvgIpc) is 2.17. The molecule has 0 saturated heterocycles. The highest BCUT2D eigenvalue weighted by molar-refractivity contribution is 14.1. The van der Waals surface area contributed by atoms with Gasteiger partial charge in [-0.25, -0.2) is 0 Å². The van der Waals surface area contributed by atoms with Crippen LogP contribution in [0.25, 0.3) is 10.9 Å². The molecule has 0 spiro atoms. The van der Waals surface area contributed by atoms with Crippen molar-refractivity contribution in [1.82, 2.24) is 4.98 Å². The zero-order valence-corrected chi connectivity index (χ0v) is 10.4. The summed E-state index contributed by atoms with van der Waals surface area (Å²) in [6.45, 7) is 4.35. The number of halogens is 1. The molecule has 0 saturated carbocycles. The van der Waals surface area contributed by atoms with Gasteiger partial charge in [-0.05, 0) is 40.6 Å². The Balaban J connectivity index is 2.72. The maximum absolute atomic E-state index is 4.63. The summed E-state index contributed by atoms with van der Waals surface area (Å²) in [5, 5.41) is 1.25. The van der Waals surface area contributed by atoms with Crippen molar-refractivity contribution in [2.45, 2.75) is 19.8 Å². The van der Waals surface area contributed by atoms with Gasteiger partial charge in [-0.2, -0.15) is 0 Å². The second-order valence-electron chi connectivity index (χ2n) is 3.70. The summed E-state index contributed by atoms with van der Waals surface area (Å²) in [6, 6.07) is 10.5. The Kier molecular flexibility index (Phi) is 2.72. The van der Waals surface area contributed by atoms with Crippen molar-refractivity contribution >= 4 is 33.5 Å². The van der Waals surface area contributed by atoms with Crippen LogP contribution in [0.15, 0.2) is 30.3 Å². The number of fused-ring (bicyclic) bond motifs is 1. The van der Waals surface area contributed by atoms with Crippen molar-refractivity contribution in [1.29, 1.82) is 0 Å². The first-order valence-corrected chi connectivity index (χ1v) is 5.81. The van der Waals surface area contributed by atoms with Crippen molar-refractivity contribution in [2.75, 3.05) is 0 Å². The minimum Gasteiger partial charge on any atom is -0.252 e. The monoisotopic (exact) mass is 297 g/mol. The lowest BCUT2D eigenvalue weighted by Gasteiger charge is -2.07. The topological polar surface area (TPSA) is 12.9 Å². The predicted octanol–water partition coefficient (Wildman–Crippen LogP) is 3.96. The van der Waals surface area contributed by atoms with Gasteiger partial charge in [0, 0.05) is 14.7 Å². The SMILES string of the molecule is CC(C)c1cc(I)c2ccccc2n1. The molecule has 0 radical (unpaired) electrons. The van der Waals surface area contributed by atoms with E-state index in [2.05, 4.69) is 65.7 Å². The molecule has 1 nitrogen and oxygen atoms in total. The molecule has 0 bridgehead atoms. The van der Waals surface area contributed by atoms with Gasteiger partial charge in [0.15, 0.2) is 0 Å². The lowest BCUT2D eigenvalue weighted by atomic mass is 10.1. The van der Waals surface area contributed by atoms with Gasteiger partial charge in [0.1, 0.15) is 0 Å². The van der Waals surface area contributed by atoms with E-state index < -0.39 is 0 Å². The number of rotatable bonds is 1. The van der Waals surface area contributed by atoms with E-state index in [4.69, 9.17) is 0 Å². The zero-order chi connectivity index (χ0) is 10.1. The maximum Gasteiger partial charge on any atom is 0.0716 e. The summed E-state index contributed by atoms with van der Waals surface area (Å²) in [5.41, 5.74) is 2.27. The van der Waals surface area contributed by atoms with Crippen molar-refractivity contribution < 1.29 is 0 Å². The Morgan fingerprint density at radius 3 is 2.64 bits per heavy atom. The van der Waals surface area contributed by atoms with E-state index in [-0.39, 0.29) is 0 Å². The normalized spacial score (nSPS) is 11.1. The fourth-order valence-corrected chi connectivity index (χ4v) is 2.22. The molecule has 2 aromatic rings. The van der Waals surface area contributed by atoms with Crippen LogP contribution in [-0.4, -0.2) is 4.98 Å². The highest BCUT2D eigenvalue weighted by Crippen LogP contribution is 2.23. The number of benzene rings is 1. The highest BCUT2D eigenvalue weighted by Gasteiger charge is 2.05. The van der Waals surface area contributed by atoms with Crippen molar-refractivity contribution in [3.05, 3.63) is 39.6 Å². The molecule has 1 aromatic heterocycles. The summed E-state index contributed by atoms with van der Waals surface area (Å²) in [4.78, 5) is 4.63. The van der Waals surface area contributed by atoms with Gasteiger partial charge in [0.05, 0.1) is 5.52 Å². The standard InChI is InChI=1S/C12H12IN/c1-8(2)12-7-10(13)9-5-3-4-6-11(9)14-12/h3-8H,1-2H3. The van der Waals surface area contributed by atoms with Crippen molar-refractivity contribution in [3.63, 3.8) is 0 Å². The van der Waals surface area contributed by atoms with E-state index in [1.807, 2.05) is 6.07 Å². The number of pyridine rings is 1. The lowest BCUT2D eigenvalue weighted by Crippen LogP contribution is -1.94. The second kappa shape index (κ2) is 3.85. The molecule has 0 unspecified atom stereocenters. The Hall–Kier alpha value is -0.640. The van der Waals surface area contributed by atoms with Crippen LogP contribution in [0.1, 0.15) is 25.5 Å². The van der Waals surface area contributed by atoms with Crippen LogP contribution in [0, 0.1) is 3.57 Å². The number of para-hydroxylation sites is 1. The molecule has 2 heteroatoms. The van der Waals surface area contributed by atoms with Gasteiger partial charge in [-0.1, -0.05) is 32.0 Å². The third-order valence-electron chi connectivity index (χ3n) is 2.28. The molecule has 0 aliphatic heterocycles. The molecule has 1 aromatic carbocycles. The van der Waals surface area contributed by atoms with Gasteiger partial charge >= 0.3 is 0 Å². The van der Waals surface area contributed by atoms with Crippen LogP contribution >= 0.6 is 22.6 Å². The quantitative estimate of drug-likeness (QED) is 0.726. The first-order valence-electron chi connectivity index (χ1n) is 4.73. The minimum absolute atomic E-state index is 0.494. The van der Waals surface area contributed by atoms with E-state index in [0.29, 0.717) is 5.92 Å². The Morgan fingerprint density at radius 1 is 1.21 bits per heavy atom. The molecule has 0 amide bonds. The Bertz CT molecular complexity index is 463. The second-order valence-corrected chi connectivity index (χ2v) is 4.86. The van der Waals surface area contributed by atoms with E-state index in [1.165, 1.54) is 14.7 Å². The number of hydrogen-bond acceptors (Lipinski definition) is 1.